The first-order valence-electron chi connectivity index (χ1n) is 8.71. The molecule has 3 aromatic rings. The summed E-state index contributed by atoms with van der Waals surface area (Å²) in [6.45, 7) is 2.08. The normalized spacial score (nSPS) is 12.7. The van der Waals surface area contributed by atoms with Crippen molar-refractivity contribution in [2.75, 3.05) is 18.7 Å². The number of aromatic nitrogens is 2. The molecule has 6 nitrogen and oxygen atoms in total. The van der Waals surface area contributed by atoms with Gasteiger partial charge in [-0.3, -0.25) is 0 Å². The monoisotopic (exact) mass is 385 g/mol. The minimum Gasteiger partial charge on any atom is -0.497 e. The molecule has 0 aliphatic heterocycles. The lowest BCUT2D eigenvalue weighted by Gasteiger charge is -2.16. The smallest absolute Gasteiger partial charge is 0.175 e. The molecule has 1 unspecified atom stereocenters. The highest BCUT2D eigenvalue weighted by atomic mass is 32.2. The second kappa shape index (κ2) is 7.92. The molecule has 0 fully saturated rings. The molecule has 1 atom stereocenters. The molecule has 0 spiro atoms. The van der Waals surface area contributed by atoms with Gasteiger partial charge in [-0.15, -0.1) is 0 Å². The topological polar surface area (TPSA) is 81.2 Å². The lowest BCUT2D eigenvalue weighted by Crippen LogP contribution is -2.17. The molecule has 3 rings (SSSR count). The highest BCUT2D eigenvalue weighted by molar-refractivity contribution is 7.90. The summed E-state index contributed by atoms with van der Waals surface area (Å²) >= 11 is 0. The number of sulfone groups is 1. The molecule has 1 aromatic heterocycles. The van der Waals surface area contributed by atoms with Gasteiger partial charge in [-0.05, 0) is 55.7 Å². The maximum atomic E-state index is 11.8. The van der Waals surface area contributed by atoms with Crippen LogP contribution in [0, 0.1) is 0 Å². The third kappa shape index (κ3) is 4.74. The van der Waals surface area contributed by atoms with Crippen molar-refractivity contribution in [2.24, 2.45) is 0 Å². The van der Waals surface area contributed by atoms with E-state index in [0.29, 0.717) is 16.7 Å². The van der Waals surface area contributed by atoms with Crippen molar-refractivity contribution >= 4 is 26.6 Å². The molecule has 142 valence electrons. The SMILES string of the molecule is COc1ccc(CCC(C)Nc2ncnc3ccc(S(C)(=O)=O)cc23)cc1. The van der Waals surface area contributed by atoms with Gasteiger partial charge in [-0.1, -0.05) is 12.1 Å². The zero-order valence-corrected chi connectivity index (χ0v) is 16.5. The van der Waals surface area contributed by atoms with Crippen molar-refractivity contribution in [3.8, 4) is 5.75 Å². The number of aryl methyl sites for hydroxylation is 1. The number of fused-ring (bicyclic) bond motifs is 1. The molecular weight excluding hydrogens is 362 g/mol. The molecule has 27 heavy (non-hydrogen) atoms. The van der Waals surface area contributed by atoms with Crippen molar-refractivity contribution in [3.05, 3.63) is 54.4 Å². The fraction of sp³-hybridized carbons (Fsp3) is 0.300. The molecular formula is C20H23N3O3S. The van der Waals surface area contributed by atoms with E-state index >= 15 is 0 Å². The minimum atomic E-state index is -3.29. The van der Waals surface area contributed by atoms with Gasteiger partial charge in [0, 0.05) is 17.7 Å². The Kier molecular flexibility index (Phi) is 5.60. The Bertz CT molecular complexity index is 1030. The zero-order chi connectivity index (χ0) is 19.4. The molecule has 0 aliphatic rings. The van der Waals surface area contributed by atoms with Gasteiger partial charge in [0.2, 0.25) is 0 Å². The van der Waals surface area contributed by atoms with Gasteiger partial charge in [-0.2, -0.15) is 0 Å². The highest BCUT2D eigenvalue weighted by Crippen LogP contribution is 2.24. The summed E-state index contributed by atoms with van der Waals surface area (Å²) in [6.07, 6.45) is 4.50. The van der Waals surface area contributed by atoms with Crippen LogP contribution in [-0.4, -0.2) is 37.8 Å². The summed E-state index contributed by atoms with van der Waals surface area (Å²) in [4.78, 5) is 8.80. The third-order valence-electron chi connectivity index (χ3n) is 4.44. The molecule has 1 N–H and O–H groups in total. The Morgan fingerprint density at radius 2 is 1.85 bits per heavy atom. The standard InChI is InChI=1S/C20H23N3O3S/c1-14(4-5-15-6-8-16(26-2)9-7-15)23-20-18-12-17(27(3,24)25)10-11-19(18)21-13-22-20/h6-14H,4-5H2,1-3H3,(H,21,22,23). The molecule has 1 heterocycles. The number of ether oxygens (including phenoxy) is 1. The molecule has 0 saturated heterocycles. The van der Waals surface area contributed by atoms with Crippen molar-refractivity contribution in [1.29, 1.82) is 0 Å². The minimum absolute atomic E-state index is 0.159. The highest BCUT2D eigenvalue weighted by Gasteiger charge is 2.12. The first kappa shape index (κ1) is 19.1. The second-order valence-electron chi connectivity index (χ2n) is 6.61. The van der Waals surface area contributed by atoms with Crippen LogP contribution >= 0.6 is 0 Å². The third-order valence-corrected chi connectivity index (χ3v) is 5.55. The Morgan fingerprint density at radius 3 is 2.52 bits per heavy atom. The van der Waals surface area contributed by atoms with E-state index in [2.05, 4.69) is 34.3 Å². The van der Waals surface area contributed by atoms with Crippen molar-refractivity contribution < 1.29 is 13.2 Å². The Hall–Kier alpha value is -2.67. The van der Waals surface area contributed by atoms with Gasteiger partial charge in [0.15, 0.2) is 9.84 Å². The van der Waals surface area contributed by atoms with E-state index < -0.39 is 9.84 Å². The van der Waals surface area contributed by atoms with E-state index in [1.165, 1.54) is 18.1 Å². The Morgan fingerprint density at radius 1 is 1.11 bits per heavy atom. The average molecular weight is 385 g/mol. The summed E-state index contributed by atoms with van der Waals surface area (Å²) in [7, 11) is -1.63. The van der Waals surface area contributed by atoms with Crippen LogP contribution < -0.4 is 10.1 Å². The number of anilines is 1. The van der Waals surface area contributed by atoms with Gasteiger partial charge in [-0.25, -0.2) is 18.4 Å². The maximum absolute atomic E-state index is 11.8. The largest absolute Gasteiger partial charge is 0.497 e. The van der Waals surface area contributed by atoms with Crippen LogP contribution in [0.1, 0.15) is 18.9 Å². The predicted molar refractivity (Wildman–Crippen MR) is 107 cm³/mol. The van der Waals surface area contributed by atoms with E-state index in [1.807, 2.05) is 12.1 Å². The number of rotatable bonds is 7. The molecule has 7 heteroatoms. The molecule has 2 aromatic carbocycles. The molecule has 0 bridgehead atoms. The van der Waals surface area contributed by atoms with E-state index in [-0.39, 0.29) is 10.9 Å². The number of benzene rings is 2. The molecule has 0 radical (unpaired) electrons. The van der Waals surface area contributed by atoms with E-state index in [4.69, 9.17) is 4.74 Å². The van der Waals surface area contributed by atoms with Crippen LogP contribution in [0.25, 0.3) is 10.9 Å². The number of hydrogen-bond acceptors (Lipinski definition) is 6. The van der Waals surface area contributed by atoms with E-state index in [9.17, 15) is 8.42 Å². The predicted octanol–water partition coefficient (Wildman–Crippen LogP) is 3.48. The first-order chi connectivity index (χ1) is 12.9. The quantitative estimate of drug-likeness (QED) is 0.671. The summed E-state index contributed by atoms with van der Waals surface area (Å²) in [6, 6.07) is 13.1. The molecule has 0 aliphatic carbocycles. The van der Waals surface area contributed by atoms with E-state index in [1.54, 1.807) is 25.3 Å². The van der Waals surface area contributed by atoms with Gasteiger partial charge in [0.05, 0.1) is 17.5 Å². The average Bonchev–Trinajstić information content (AvgIpc) is 2.66. The van der Waals surface area contributed by atoms with Crippen molar-refractivity contribution in [2.45, 2.75) is 30.7 Å². The number of hydrogen-bond donors (Lipinski definition) is 1. The van der Waals surface area contributed by atoms with Gasteiger partial charge in [0.1, 0.15) is 17.9 Å². The fourth-order valence-electron chi connectivity index (χ4n) is 2.86. The van der Waals surface area contributed by atoms with Crippen LogP contribution in [0.3, 0.4) is 0 Å². The van der Waals surface area contributed by atoms with E-state index in [0.717, 1.165) is 18.6 Å². The molecule has 0 amide bonds. The van der Waals surface area contributed by atoms with Crippen LogP contribution in [0.5, 0.6) is 5.75 Å². The van der Waals surface area contributed by atoms with Crippen LogP contribution in [0.2, 0.25) is 0 Å². The first-order valence-corrected chi connectivity index (χ1v) is 10.6. The summed E-state index contributed by atoms with van der Waals surface area (Å²) < 4.78 is 28.9. The van der Waals surface area contributed by atoms with Gasteiger partial charge < -0.3 is 10.1 Å². The van der Waals surface area contributed by atoms with Crippen molar-refractivity contribution in [3.63, 3.8) is 0 Å². The van der Waals surface area contributed by atoms with Crippen LogP contribution in [-0.2, 0) is 16.3 Å². The summed E-state index contributed by atoms with van der Waals surface area (Å²) in [5, 5.41) is 4.09. The Balaban J connectivity index is 1.74. The number of methoxy groups -OCH3 is 1. The summed E-state index contributed by atoms with van der Waals surface area (Å²) in [5.74, 6) is 1.49. The van der Waals surface area contributed by atoms with Crippen LogP contribution in [0.15, 0.2) is 53.7 Å². The lowest BCUT2D eigenvalue weighted by molar-refractivity contribution is 0.414. The Labute approximate surface area is 159 Å². The fourth-order valence-corrected chi connectivity index (χ4v) is 3.51. The van der Waals surface area contributed by atoms with Gasteiger partial charge >= 0.3 is 0 Å². The molecule has 0 saturated carbocycles. The lowest BCUT2D eigenvalue weighted by atomic mass is 10.1. The summed E-state index contributed by atoms with van der Waals surface area (Å²) in [5.41, 5.74) is 1.94. The van der Waals surface area contributed by atoms with Crippen LogP contribution in [0.4, 0.5) is 5.82 Å². The maximum Gasteiger partial charge on any atom is 0.175 e. The van der Waals surface area contributed by atoms with Crippen molar-refractivity contribution in [1.82, 2.24) is 9.97 Å². The number of nitrogens with zero attached hydrogens (tertiary/aromatic N) is 2. The van der Waals surface area contributed by atoms with Gasteiger partial charge in [0.25, 0.3) is 0 Å². The number of nitrogens with one attached hydrogen (secondary N) is 1. The second-order valence-corrected chi connectivity index (χ2v) is 8.62. The zero-order valence-electron chi connectivity index (χ0n) is 15.6.